The van der Waals surface area contributed by atoms with E-state index in [1.54, 1.807) is 12.4 Å². The fraction of sp³-hybridized carbons (Fsp3) is 0.765. The summed E-state index contributed by atoms with van der Waals surface area (Å²) in [5.74, 6) is 0. The lowest BCUT2D eigenvalue weighted by Crippen LogP contribution is -2.21. The van der Waals surface area contributed by atoms with Crippen LogP contribution in [0.25, 0.3) is 0 Å². The van der Waals surface area contributed by atoms with Crippen LogP contribution in [0.2, 0.25) is 0 Å². The third-order valence-electron chi connectivity index (χ3n) is 3.81. The van der Waals surface area contributed by atoms with Crippen LogP contribution in [-0.4, -0.2) is 16.5 Å². The van der Waals surface area contributed by atoms with Gasteiger partial charge in [0.1, 0.15) is 0 Å². The first-order chi connectivity index (χ1) is 9.75. The maximum atomic E-state index is 4.41. The predicted molar refractivity (Wildman–Crippen MR) is 85.8 cm³/mol. The Labute approximate surface area is 124 Å². The minimum absolute atomic E-state index is 0.299. The Hall–Kier alpha value is -0.960. The molecule has 1 heterocycles. The van der Waals surface area contributed by atoms with Crippen LogP contribution >= 0.6 is 0 Å². The minimum Gasteiger partial charge on any atom is -0.309 e. The maximum Gasteiger partial charge on any atom is 0.0782 e. The first-order valence-corrected chi connectivity index (χ1v) is 8.26. The monoisotopic (exact) mass is 277 g/mol. The minimum atomic E-state index is 0.299. The van der Waals surface area contributed by atoms with Crippen molar-refractivity contribution >= 4 is 0 Å². The molecule has 0 saturated heterocycles. The molecule has 1 unspecified atom stereocenters. The van der Waals surface area contributed by atoms with Crippen molar-refractivity contribution in [3.8, 4) is 0 Å². The molecule has 0 saturated carbocycles. The second-order valence-corrected chi connectivity index (χ2v) is 5.68. The first kappa shape index (κ1) is 17.1. The molecule has 0 aromatic carbocycles. The van der Waals surface area contributed by atoms with E-state index in [1.807, 2.05) is 6.92 Å². The van der Waals surface area contributed by atoms with E-state index in [0.29, 0.717) is 6.04 Å². The van der Waals surface area contributed by atoms with E-state index < -0.39 is 0 Å². The lowest BCUT2D eigenvalue weighted by atomic mass is 10.1. The molecule has 114 valence electrons. The van der Waals surface area contributed by atoms with Crippen LogP contribution in [0.3, 0.4) is 0 Å². The Balaban J connectivity index is 2.03. The Morgan fingerprint density at radius 3 is 2.20 bits per heavy atom. The zero-order chi connectivity index (χ0) is 14.6. The van der Waals surface area contributed by atoms with E-state index in [0.717, 1.165) is 17.9 Å². The van der Waals surface area contributed by atoms with E-state index in [1.165, 1.54) is 51.4 Å². The van der Waals surface area contributed by atoms with E-state index in [4.69, 9.17) is 0 Å². The van der Waals surface area contributed by atoms with Crippen LogP contribution in [0, 0.1) is 6.92 Å². The number of hydrogen-bond donors (Lipinski definition) is 1. The fourth-order valence-electron chi connectivity index (χ4n) is 2.52. The van der Waals surface area contributed by atoms with Crippen LogP contribution < -0.4 is 5.32 Å². The highest BCUT2D eigenvalue weighted by atomic mass is 14.9. The standard InChI is InChI=1S/C17H31N3/c1-4-5-6-7-8-9-10-11-12-18-15(2)17-16(3)19-13-14-20-17/h13-15,18H,4-12H2,1-3H3. The number of nitrogens with zero attached hydrogens (tertiary/aromatic N) is 2. The molecule has 0 radical (unpaired) electrons. The van der Waals surface area contributed by atoms with Crippen molar-refractivity contribution in [1.29, 1.82) is 0 Å². The van der Waals surface area contributed by atoms with Crippen molar-refractivity contribution in [2.24, 2.45) is 0 Å². The van der Waals surface area contributed by atoms with Crippen molar-refractivity contribution < 1.29 is 0 Å². The van der Waals surface area contributed by atoms with Gasteiger partial charge in [-0.15, -0.1) is 0 Å². The van der Waals surface area contributed by atoms with E-state index in [9.17, 15) is 0 Å². The summed E-state index contributed by atoms with van der Waals surface area (Å²) < 4.78 is 0. The van der Waals surface area contributed by atoms with Crippen molar-refractivity contribution in [3.05, 3.63) is 23.8 Å². The molecule has 0 aliphatic carbocycles. The zero-order valence-corrected chi connectivity index (χ0v) is 13.5. The number of nitrogens with one attached hydrogen (secondary N) is 1. The number of aryl methyl sites for hydroxylation is 1. The molecule has 1 N–H and O–H groups in total. The van der Waals surface area contributed by atoms with E-state index >= 15 is 0 Å². The highest BCUT2D eigenvalue weighted by Crippen LogP contribution is 2.12. The van der Waals surface area contributed by atoms with Gasteiger partial charge in [-0.05, 0) is 26.8 Å². The van der Waals surface area contributed by atoms with Crippen LogP contribution in [-0.2, 0) is 0 Å². The maximum absolute atomic E-state index is 4.41. The average molecular weight is 277 g/mol. The van der Waals surface area contributed by atoms with Crippen LogP contribution in [0.1, 0.15) is 82.6 Å². The highest BCUT2D eigenvalue weighted by molar-refractivity contribution is 5.12. The Morgan fingerprint density at radius 2 is 1.55 bits per heavy atom. The quantitative estimate of drug-likeness (QED) is 0.602. The van der Waals surface area contributed by atoms with Crippen molar-refractivity contribution in [2.45, 2.75) is 78.2 Å². The second kappa shape index (κ2) is 10.8. The summed E-state index contributed by atoms with van der Waals surface area (Å²) in [6.45, 7) is 7.54. The molecule has 0 aliphatic heterocycles. The number of rotatable bonds is 11. The molecule has 1 aromatic heterocycles. The van der Waals surface area contributed by atoms with E-state index in [2.05, 4.69) is 29.1 Å². The summed E-state index contributed by atoms with van der Waals surface area (Å²) in [4.78, 5) is 8.70. The van der Waals surface area contributed by atoms with E-state index in [-0.39, 0.29) is 0 Å². The van der Waals surface area contributed by atoms with Gasteiger partial charge >= 0.3 is 0 Å². The summed E-state index contributed by atoms with van der Waals surface area (Å²) in [5.41, 5.74) is 2.11. The Bertz CT molecular complexity index is 352. The van der Waals surface area contributed by atoms with Crippen LogP contribution in [0.15, 0.2) is 12.4 Å². The Morgan fingerprint density at radius 1 is 0.950 bits per heavy atom. The number of hydrogen-bond acceptors (Lipinski definition) is 3. The summed E-state index contributed by atoms with van der Waals surface area (Å²) in [6.07, 6.45) is 14.5. The van der Waals surface area contributed by atoms with Crippen molar-refractivity contribution in [3.63, 3.8) is 0 Å². The van der Waals surface area contributed by atoms with Gasteiger partial charge in [-0.2, -0.15) is 0 Å². The summed E-state index contributed by atoms with van der Waals surface area (Å²) in [7, 11) is 0. The predicted octanol–water partition coefficient (Wildman–Crippen LogP) is 4.58. The molecular weight excluding hydrogens is 246 g/mol. The molecular formula is C17H31N3. The molecule has 0 aliphatic rings. The molecule has 1 rings (SSSR count). The van der Waals surface area contributed by atoms with Gasteiger partial charge < -0.3 is 5.32 Å². The molecule has 3 nitrogen and oxygen atoms in total. The zero-order valence-electron chi connectivity index (χ0n) is 13.5. The second-order valence-electron chi connectivity index (χ2n) is 5.68. The molecule has 1 aromatic rings. The van der Waals surface area contributed by atoms with Gasteiger partial charge in [0.15, 0.2) is 0 Å². The molecule has 0 fully saturated rings. The third kappa shape index (κ3) is 6.99. The van der Waals surface area contributed by atoms with Gasteiger partial charge in [0, 0.05) is 18.4 Å². The number of unbranched alkanes of at least 4 members (excludes halogenated alkanes) is 7. The SMILES string of the molecule is CCCCCCCCCCNC(C)c1nccnc1C. The topological polar surface area (TPSA) is 37.8 Å². The molecule has 0 amide bonds. The smallest absolute Gasteiger partial charge is 0.0782 e. The average Bonchev–Trinajstić information content (AvgIpc) is 2.46. The summed E-state index contributed by atoms with van der Waals surface area (Å²) >= 11 is 0. The van der Waals surface area contributed by atoms with Gasteiger partial charge in [-0.3, -0.25) is 9.97 Å². The van der Waals surface area contributed by atoms with Gasteiger partial charge in [-0.25, -0.2) is 0 Å². The fourth-order valence-corrected chi connectivity index (χ4v) is 2.52. The lowest BCUT2D eigenvalue weighted by molar-refractivity contribution is 0.513. The highest BCUT2D eigenvalue weighted by Gasteiger charge is 2.08. The summed E-state index contributed by atoms with van der Waals surface area (Å²) in [6, 6.07) is 0.299. The summed E-state index contributed by atoms with van der Waals surface area (Å²) in [5, 5.41) is 3.55. The van der Waals surface area contributed by atoms with Gasteiger partial charge in [0.25, 0.3) is 0 Å². The Kier molecular flexibility index (Phi) is 9.22. The first-order valence-electron chi connectivity index (χ1n) is 8.26. The van der Waals surface area contributed by atoms with Crippen molar-refractivity contribution in [1.82, 2.24) is 15.3 Å². The van der Waals surface area contributed by atoms with Crippen LogP contribution in [0.4, 0.5) is 0 Å². The molecule has 0 spiro atoms. The van der Waals surface area contributed by atoms with Crippen molar-refractivity contribution in [2.75, 3.05) is 6.54 Å². The molecule has 20 heavy (non-hydrogen) atoms. The third-order valence-corrected chi connectivity index (χ3v) is 3.81. The molecule has 3 heteroatoms. The van der Waals surface area contributed by atoms with Gasteiger partial charge in [0.05, 0.1) is 11.4 Å². The largest absolute Gasteiger partial charge is 0.309 e. The molecule has 0 bridgehead atoms. The van der Waals surface area contributed by atoms with Crippen LogP contribution in [0.5, 0.6) is 0 Å². The normalized spacial score (nSPS) is 12.6. The molecule has 1 atom stereocenters. The van der Waals surface area contributed by atoms with Gasteiger partial charge in [-0.1, -0.05) is 51.9 Å². The van der Waals surface area contributed by atoms with Gasteiger partial charge in [0.2, 0.25) is 0 Å². The number of aromatic nitrogens is 2. The lowest BCUT2D eigenvalue weighted by Gasteiger charge is -2.14.